The van der Waals surface area contributed by atoms with Crippen LogP contribution in [-0.4, -0.2) is 75.7 Å². The van der Waals surface area contributed by atoms with Crippen molar-refractivity contribution in [3.05, 3.63) is 0 Å². The Morgan fingerprint density at radius 2 is 1.12 bits per heavy atom. The van der Waals surface area contributed by atoms with Gasteiger partial charge in [-0.3, -0.25) is 14.2 Å². The van der Waals surface area contributed by atoms with E-state index < -0.39 is 32.5 Å². The second-order valence-corrected chi connectivity index (χ2v) is 16.3. The molecular formula is C37H72N3O8P. The summed E-state index contributed by atoms with van der Waals surface area (Å²) in [6.45, 7) is 4.10. The Kier molecular flexibility index (Phi) is 25.4. The van der Waals surface area contributed by atoms with Crippen molar-refractivity contribution in [2.45, 2.75) is 180 Å². The number of unbranched alkanes of at least 4 members (excludes halogenated alkanes) is 17. The highest BCUT2D eigenvalue weighted by Gasteiger charge is 2.38. The third kappa shape index (κ3) is 27.9. The molecule has 0 aromatic rings. The van der Waals surface area contributed by atoms with Crippen LogP contribution in [0.25, 0.3) is 0 Å². The number of esters is 2. The van der Waals surface area contributed by atoms with Gasteiger partial charge in [0.15, 0.2) is 11.8 Å². The van der Waals surface area contributed by atoms with Crippen LogP contribution in [0.1, 0.15) is 168 Å². The van der Waals surface area contributed by atoms with Gasteiger partial charge in [-0.25, -0.2) is 0 Å². The predicted molar refractivity (Wildman–Crippen MR) is 193 cm³/mol. The normalized spacial score (nSPS) is 15.6. The Balaban J connectivity index is 2.41. The molecule has 0 saturated heterocycles. The summed E-state index contributed by atoms with van der Waals surface area (Å²) in [5.41, 5.74) is -0.367. The Hall–Kier alpha value is -1.39. The quantitative estimate of drug-likeness (QED) is 0.0274. The first-order chi connectivity index (χ1) is 23.4. The SMILES string of the molecule is CCCCCCCCCCCCCCC(=O)OCC(COP(=O)([O-])OCC[N+](C)(C)C)OC(=O)CCCC1(CCCCCCCCC)N=N1. The van der Waals surface area contributed by atoms with Crippen molar-refractivity contribution in [3.63, 3.8) is 0 Å². The number of carbonyl (C=O) groups is 2. The number of carbonyl (C=O) groups excluding carboxylic acids is 2. The molecular weight excluding hydrogens is 645 g/mol. The number of rotatable bonds is 35. The standard InChI is InChI=1S/C37H72N3O8P/c1-6-8-10-12-14-15-16-17-18-19-21-23-26-35(41)45-32-34(33-47-49(43,44)46-31-30-40(3,4)5)48-36(42)27-25-29-37(38-39-37)28-24-22-20-13-11-9-7-2/h34H,6-33H2,1-5H3. The molecule has 11 nitrogen and oxygen atoms in total. The molecule has 0 fully saturated rings. The van der Waals surface area contributed by atoms with Crippen LogP contribution in [0.2, 0.25) is 0 Å². The highest BCUT2D eigenvalue weighted by molar-refractivity contribution is 7.45. The van der Waals surface area contributed by atoms with Crippen LogP contribution < -0.4 is 4.89 Å². The van der Waals surface area contributed by atoms with Gasteiger partial charge in [0.25, 0.3) is 7.82 Å². The van der Waals surface area contributed by atoms with Gasteiger partial charge in [0.05, 0.1) is 27.7 Å². The lowest BCUT2D eigenvalue weighted by molar-refractivity contribution is -0.870. The topological polar surface area (TPSA) is 136 Å². The van der Waals surface area contributed by atoms with Crippen molar-refractivity contribution in [1.82, 2.24) is 0 Å². The highest BCUT2D eigenvalue weighted by Crippen LogP contribution is 2.39. The maximum atomic E-state index is 12.7. The molecule has 0 amide bonds. The Morgan fingerprint density at radius 3 is 1.63 bits per heavy atom. The van der Waals surface area contributed by atoms with Gasteiger partial charge in [0.2, 0.25) is 0 Å². The zero-order valence-electron chi connectivity index (χ0n) is 31.9. The molecule has 1 heterocycles. The molecule has 2 unspecified atom stereocenters. The first kappa shape index (κ1) is 45.6. The van der Waals surface area contributed by atoms with Crippen molar-refractivity contribution >= 4 is 19.8 Å². The van der Waals surface area contributed by atoms with Crippen LogP contribution in [0.5, 0.6) is 0 Å². The summed E-state index contributed by atoms with van der Waals surface area (Å²) in [5.74, 6) is -0.911. The number of quaternary nitrogens is 1. The van der Waals surface area contributed by atoms with Crippen LogP contribution in [0.15, 0.2) is 10.2 Å². The minimum absolute atomic E-state index is 0.0422. The number of phosphoric ester groups is 1. The Bertz CT molecular complexity index is 937. The molecule has 0 saturated carbocycles. The van der Waals surface area contributed by atoms with Gasteiger partial charge in [-0.1, -0.05) is 123 Å². The number of ether oxygens (including phenoxy) is 2. The molecule has 0 spiro atoms. The molecule has 49 heavy (non-hydrogen) atoms. The summed E-state index contributed by atoms with van der Waals surface area (Å²) < 4.78 is 33.8. The summed E-state index contributed by atoms with van der Waals surface area (Å²) in [6, 6.07) is 0. The molecule has 0 aliphatic carbocycles. The van der Waals surface area contributed by atoms with E-state index in [4.69, 9.17) is 18.5 Å². The summed E-state index contributed by atoms with van der Waals surface area (Å²) >= 11 is 0. The van der Waals surface area contributed by atoms with E-state index in [1.54, 1.807) is 0 Å². The molecule has 1 rings (SSSR count). The Labute approximate surface area is 298 Å². The zero-order chi connectivity index (χ0) is 36.3. The average molecular weight is 718 g/mol. The lowest BCUT2D eigenvalue weighted by atomic mass is 9.98. The smallest absolute Gasteiger partial charge is 0.306 e. The van der Waals surface area contributed by atoms with Gasteiger partial charge in [-0.2, -0.15) is 10.2 Å². The largest absolute Gasteiger partial charge is 0.756 e. The number of nitrogens with zero attached hydrogens (tertiary/aromatic N) is 3. The number of phosphoric acid groups is 1. The molecule has 2 atom stereocenters. The summed E-state index contributed by atoms with van der Waals surface area (Å²) in [7, 11) is 1.12. The summed E-state index contributed by atoms with van der Waals surface area (Å²) in [4.78, 5) is 37.5. The van der Waals surface area contributed by atoms with Crippen LogP contribution >= 0.6 is 7.82 Å². The molecule has 0 aromatic heterocycles. The second kappa shape index (κ2) is 27.3. The molecule has 1 aliphatic heterocycles. The van der Waals surface area contributed by atoms with Gasteiger partial charge in [0.1, 0.15) is 19.8 Å². The maximum absolute atomic E-state index is 12.7. The fraction of sp³-hybridized carbons (Fsp3) is 0.946. The van der Waals surface area contributed by atoms with Gasteiger partial charge in [-0.15, -0.1) is 0 Å². The molecule has 0 aromatic carbocycles. The molecule has 12 heteroatoms. The molecule has 0 bridgehead atoms. The fourth-order valence-electron chi connectivity index (χ4n) is 5.64. The van der Waals surface area contributed by atoms with Crippen LogP contribution in [-0.2, 0) is 32.7 Å². The van der Waals surface area contributed by atoms with E-state index in [2.05, 4.69) is 24.1 Å². The number of hydrogen-bond donors (Lipinski definition) is 0. The third-order valence-corrected chi connectivity index (χ3v) is 9.88. The van der Waals surface area contributed by atoms with Gasteiger partial charge in [-0.05, 0) is 32.1 Å². The number of hydrogen-bond acceptors (Lipinski definition) is 10. The number of likely N-dealkylation sites (N-methyl/N-ethyl adjacent to an activating group) is 1. The van der Waals surface area contributed by atoms with Crippen molar-refractivity contribution in [2.24, 2.45) is 10.2 Å². The van der Waals surface area contributed by atoms with Gasteiger partial charge >= 0.3 is 11.9 Å². The summed E-state index contributed by atoms with van der Waals surface area (Å²) in [6.07, 6.45) is 24.4. The average Bonchev–Trinajstić information content (AvgIpc) is 3.81. The van der Waals surface area contributed by atoms with Crippen LogP contribution in [0.3, 0.4) is 0 Å². The van der Waals surface area contributed by atoms with E-state index >= 15 is 0 Å². The van der Waals surface area contributed by atoms with E-state index in [1.807, 2.05) is 21.1 Å². The zero-order valence-corrected chi connectivity index (χ0v) is 32.8. The molecule has 0 radical (unpaired) electrons. The maximum Gasteiger partial charge on any atom is 0.306 e. The minimum atomic E-state index is -4.64. The molecule has 0 N–H and O–H groups in total. The first-order valence-electron chi connectivity index (χ1n) is 19.6. The molecule has 1 aliphatic rings. The van der Waals surface area contributed by atoms with Crippen LogP contribution in [0, 0.1) is 0 Å². The molecule has 288 valence electrons. The van der Waals surface area contributed by atoms with Gasteiger partial charge in [0, 0.05) is 12.8 Å². The predicted octanol–water partition coefficient (Wildman–Crippen LogP) is 9.21. The minimum Gasteiger partial charge on any atom is -0.756 e. The van der Waals surface area contributed by atoms with E-state index in [0.29, 0.717) is 23.9 Å². The van der Waals surface area contributed by atoms with Crippen molar-refractivity contribution in [2.75, 3.05) is 47.5 Å². The first-order valence-corrected chi connectivity index (χ1v) is 21.1. The lowest BCUT2D eigenvalue weighted by Crippen LogP contribution is -2.37. The summed E-state index contributed by atoms with van der Waals surface area (Å²) in [5, 5.41) is 8.52. The van der Waals surface area contributed by atoms with E-state index in [9.17, 15) is 19.0 Å². The fourth-order valence-corrected chi connectivity index (χ4v) is 6.37. The van der Waals surface area contributed by atoms with E-state index in [-0.39, 0.29) is 31.7 Å². The van der Waals surface area contributed by atoms with Crippen molar-refractivity contribution in [1.29, 1.82) is 0 Å². The monoisotopic (exact) mass is 718 g/mol. The van der Waals surface area contributed by atoms with Gasteiger partial charge < -0.3 is 27.9 Å². The van der Waals surface area contributed by atoms with Crippen LogP contribution in [0.4, 0.5) is 0 Å². The second-order valence-electron chi connectivity index (χ2n) is 14.9. The van der Waals surface area contributed by atoms with Crippen molar-refractivity contribution in [3.8, 4) is 0 Å². The van der Waals surface area contributed by atoms with Crippen molar-refractivity contribution < 1.29 is 42.1 Å². The van der Waals surface area contributed by atoms with E-state index in [1.165, 1.54) is 96.3 Å². The Morgan fingerprint density at radius 1 is 0.653 bits per heavy atom. The van der Waals surface area contributed by atoms with E-state index in [0.717, 1.165) is 32.1 Å². The third-order valence-electron chi connectivity index (χ3n) is 8.91. The lowest BCUT2D eigenvalue weighted by Gasteiger charge is -2.28. The highest BCUT2D eigenvalue weighted by atomic mass is 31.2.